The van der Waals surface area contributed by atoms with E-state index < -0.39 is 23.0 Å². The Morgan fingerprint density at radius 1 is 1.50 bits per heavy atom. The zero-order chi connectivity index (χ0) is 13.7. The summed E-state index contributed by atoms with van der Waals surface area (Å²) in [5.74, 6) is -0.799. The second-order valence-corrected chi connectivity index (χ2v) is 3.97. The number of nitrogens with zero attached hydrogens (tertiary/aromatic N) is 1. The lowest BCUT2D eigenvalue weighted by atomic mass is 10.1. The second-order valence-electron chi connectivity index (χ2n) is 3.18. The number of carbonyl (C=O) groups is 1. The molecule has 1 aromatic rings. The Bertz CT molecular complexity index is 467. The highest BCUT2D eigenvalue weighted by Gasteiger charge is 2.21. The van der Waals surface area contributed by atoms with Crippen LogP contribution in [0.1, 0.15) is 16.8 Å². The van der Waals surface area contributed by atoms with Crippen LogP contribution in [-0.4, -0.2) is 22.6 Å². The molecule has 8 heteroatoms. The van der Waals surface area contributed by atoms with Crippen LogP contribution in [0.15, 0.2) is 18.2 Å². The van der Waals surface area contributed by atoms with Crippen molar-refractivity contribution in [1.82, 2.24) is 0 Å². The van der Waals surface area contributed by atoms with E-state index in [4.69, 9.17) is 0 Å². The smallest absolute Gasteiger partial charge is 0.387 e. The van der Waals surface area contributed by atoms with Crippen molar-refractivity contribution in [2.24, 2.45) is 0 Å². The number of hydrogen-bond donors (Lipinski definition) is 0. The Balaban J connectivity index is 3.15. The highest BCUT2D eigenvalue weighted by atomic mass is 79.9. The summed E-state index contributed by atoms with van der Waals surface area (Å²) in [7, 11) is 0. The minimum atomic E-state index is -3.05. The summed E-state index contributed by atoms with van der Waals surface area (Å²) >= 11 is 3.03. The molecule has 0 aliphatic heterocycles. The first-order valence-corrected chi connectivity index (χ1v) is 5.90. The van der Waals surface area contributed by atoms with E-state index in [0.717, 1.165) is 18.2 Å². The number of benzene rings is 1. The topological polar surface area (TPSA) is 69.4 Å². The van der Waals surface area contributed by atoms with E-state index >= 15 is 0 Å². The standard InChI is InChI=1S/C10H8BrF2NO4/c11-4-3-9(15)7-5-6(18-10(12)13)1-2-8(7)14(16)17/h1-2,5,10H,3-4H2. The first-order valence-electron chi connectivity index (χ1n) is 4.78. The largest absolute Gasteiger partial charge is 0.435 e. The fraction of sp³-hybridized carbons (Fsp3) is 0.300. The molecule has 0 radical (unpaired) electrons. The fourth-order valence-corrected chi connectivity index (χ4v) is 1.65. The van der Waals surface area contributed by atoms with Gasteiger partial charge in [-0.1, -0.05) is 15.9 Å². The molecule has 0 bridgehead atoms. The molecule has 18 heavy (non-hydrogen) atoms. The van der Waals surface area contributed by atoms with Crippen molar-refractivity contribution in [2.45, 2.75) is 13.0 Å². The van der Waals surface area contributed by atoms with Crippen LogP contribution >= 0.6 is 15.9 Å². The lowest BCUT2D eigenvalue weighted by Crippen LogP contribution is -2.07. The van der Waals surface area contributed by atoms with Crippen molar-refractivity contribution in [1.29, 1.82) is 0 Å². The monoisotopic (exact) mass is 323 g/mol. The third-order valence-electron chi connectivity index (χ3n) is 2.01. The highest BCUT2D eigenvalue weighted by Crippen LogP contribution is 2.26. The number of hydrogen-bond acceptors (Lipinski definition) is 4. The SMILES string of the molecule is O=C(CCBr)c1cc(OC(F)F)ccc1[N+](=O)[O-]. The van der Waals surface area contributed by atoms with Gasteiger partial charge in [-0.15, -0.1) is 0 Å². The molecular weight excluding hydrogens is 316 g/mol. The number of Topliss-reactive ketones (excluding diaryl/α,β-unsaturated/α-hetero) is 1. The summed E-state index contributed by atoms with van der Waals surface area (Å²) in [6.07, 6.45) is 0.0268. The van der Waals surface area contributed by atoms with Crippen LogP contribution in [0, 0.1) is 10.1 Å². The van der Waals surface area contributed by atoms with Crippen LogP contribution in [0.4, 0.5) is 14.5 Å². The molecule has 1 rings (SSSR count). The van der Waals surface area contributed by atoms with Crippen molar-refractivity contribution in [3.05, 3.63) is 33.9 Å². The van der Waals surface area contributed by atoms with E-state index in [1.165, 1.54) is 0 Å². The summed E-state index contributed by atoms with van der Waals surface area (Å²) in [4.78, 5) is 21.6. The van der Waals surface area contributed by atoms with Gasteiger partial charge in [0.25, 0.3) is 5.69 Å². The van der Waals surface area contributed by atoms with Crippen molar-refractivity contribution in [3.8, 4) is 5.75 Å². The summed E-state index contributed by atoms with van der Waals surface area (Å²) in [6.45, 7) is -3.05. The molecule has 0 aliphatic carbocycles. The molecule has 0 saturated heterocycles. The maximum Gasteiger partial charge on any atom is 0.387 e. The molecule has 0 atom stereocenters. The normalized spacial score (nSPS) is 10.4. The molecule has 0 spiro atoms. The van der Waals surface area contributed by atoms with Gasteiger partial charge in [-0.05, 0) is 12.1 Å². The van der Waals surface area contributed by atoms with Gasteiger partial charge in [0.15, 0.2) is 5.78 Å². The van der Waals surface area contributed by atoms with Crippen molar-refractivity contribution in [3.63, 3.8) is 0 Å². The van der Waals surface area contributed by atoms with Crippen molar-refractivity contribution in [2.75, 3.05) is 5.33 Å². The minimum Gasteiger partial charge on any atom is -0.435 e. The van der Waals surface area contributed by atoms with Crippen LogP contribution in [0.5, 0.6) is 5.75 Å². The van der Waals surface area contributed by atoms with Crippen LogP contribution in [0.3, 0.4) is 0 Å². The van der Waals surface area contributed by atoms with Gasteiger partial charge in [0, 0.05) is 17.8 Å². The van der Waals surface area contributed by atoms with Gasteiger partial charge in [-0.2, -0.15) is 8.78 Å². The molecule has 1 aromatic carbocycles. The number of ketones is 1. The maximum absolute atomic E-state index is 12.0. The first kappa shape index (κ1) is 14.5. The average molecular weight is 324 g/mol. The summed E-state index contributed by atoms with van der Waals surface area (Å²) in [6, 6.07) is 2.95. The molecule has 0 aliphatic rings. The lowest BCUT2D eigenvalue weighted by Gasteiger charge is -2.06. The lowest BCUT2D eigenvalue weighted by molar-refractivity contribution is -0.385. The third-order valence-corrected chi connectivity index (χ3v) is 2.41. The summed E-state index contributed by atoms with van der Waals surface area (Å²) in [5, 5.41) is 11.0. The predicted octanol–water partition coefficient (Wildman–Crippen LogP) is 3.16. The number of rotatable bonds is 6. The number of nitro groups is 1. The Kier molecular flexibility index (Phi) is 5.14. The third kappa shape index (κ3) is 3.73. The fourth-order valence-electron chi connectivity index (χ4n) is 1.29. The zero-order valence-electron chi connectivity index (χ0n) is 8.94. The van der Waals surface area contributed by atoms with E-state index in [1.807, 2.05) is 0 Å². The number of carbonyl (C=O) groups excluding carboxylic acids is 1. The minimum absolute atomic E-state index is 0.0268. The van der Waals surface area contributed by atoms with Gasteiger partial charge in [-0.25, -0.2) is 0 Å². The number of halogens is 3. The van der Waals surface area contributed by atoms with E-state index in [0.29, 0.717) is 5.33 Å². The van der Waals surface area contributed by atoms with Crippen molar-refractivity contribution < 1.29 is 23.2 Å². The highest BCUT2D eigenvalue weighted by molar-refractivity contribution is 9.09. The molecule has 5 nitrogen and oxygen atoms in total. The Morgan fingerprint density at radius 2 is 2.17 bits per heavy atom. The average Bonchev–Trinajstić information content (AvgIpc) is 2.28. The van der Waals surface area contributed by atoms with Crippen LogP contribution in [-0.2, 0) is 0 Å². The molecule has 0 aromatic heterocycles. The van der Waals surface area contributed by atoms with Gasteiger partial charge in [0.1, 0.15) is 5.75 Å². The maximum atomic E-state index is 12.0. The predicted molar refractivity (Wildman–Crippen MR) is 62.5 cm³/mol. The van der Waals surface area contributed by atoms with Crippen LogP contribution in [0.2, 0.25) is 0 Å². The molecule has 0 unspecified atom stereocenters. The van der Waals surface area contributed by atoms with Gasteiger partial charge < -0.3 is 4.74 Å². The van der Waals surface area contributed by atoms with E-state index in [2.05, 4.69) is 20.7 Å². The van der Waals surface area contributed by atoms with E-state index in [-0.39, 0.29) is 17.7 Å². The van der Waals surface area contributed by atoms with Crippen LogP contribution in [0.25, 0.3) is 0 Å². The van der Waals surface area contributed by atoms with Gasteiger partial charge in [0.05, 0.1) is 10.5 Å². The van der Waals surface area contributed by atoms with Gasteiger partial charge in [0.2, 0.25) is 0 Å². The zero-order valence-corrected chi connectivity index (χ0v) is 10.5. The molecule has 0 heterocycles. The van der Waals surface area contributed by atoms with Crippen molar-refractivity contribution >= 4 is 27.4 Å². The quantitative estimate of drug-likeness (QED) is 0.349. The first-order chi connectivity index (χ1) is 8.45. The van der Waals surface area contributed by atoms with Gasteiger partial charge >= 0.3 is 6.61 Å². The molecule has 0 saturated carbocycles. The number of alkyl halides is 3. The second kappa shape index (κ2) is 6.39. The summed E-state index contributed by atoms with van der Waals surface area (Å²) in [5.41, 5.74) is -0.667. The van der Waals surface area contributed by atoms with Gasteiger partial charge in [-0.3, -0.25) is 14.9 Å². The van der Waals surface area contributed by atoms with E-state index in [9.17, 15) is 23.7 Å². The Labute approximate surface area is 109 Å². The number of nitro benzene ring substituents is 1. The molecule has 0 amide bonds. The molecule has 98 valence electrons. The van der Waals surface area contributed by atoms with Crippen LogP contribution < -0.4 is 4.74 Å². The summed E-state index contributed by atoms with van der Waals surface area (Å²) < 4.78 is 28.1. The number of ether oxygens (including phenoxy) is 1. The molecular formula is C10H8BrF2NO4. The molecule has 0 fully saturated rings. The van der Waals surface area contributed by atoms with E-state index in [1.54, 1.807) is 0 Å². The Morgan fingerprint density at radius 3 is 2.67 bits per heavy atom. The Hall–Kier alpha value is -1.57. The molecule has 0 N–H and O–H groups in total.